The minimum absolute atomic E-state index is 0.0707. The molecule has 0 aromatic carbocycles. The molecule has 0 bridgehead atoms. The van der Waals surface area contributed by atoms with Crippen LogP contribution in [0.3, 0.4) is 0 Å². The third-order valence-corrected chi connectivity index (χ3v) is 2.08. The smallest absolute Gasteiger partial charge is 0.239 e. The van der Waals surface area contributed by atoms with Gasteiger partial charge in [-0.2, -0.15) is 0 Å². The Bertz CT molecular complexity index is 206. The number of amides is 2. The van der Waals surface area contributed by atoms with Crippen LogP contribution in [0.1, 0.15) is 13.8 Å². The molecule has 1 atom stereocenters. The van der Waals surface area contributed by atoms with Gasteiger partial charge in [-0.05, 0) is 6.92 Å². The van der Waals surface area contributed by atoms with Crippen molar-refractivity contribution in [1.82, 2.24) is 10.2 Å². The Hall–Kier alpha value is -1.10. The largest absolute Gasteiger partial charge is 0.358 e. The zero-order valence-electron chi connectivity index (χ0n) is 9.04. The Labute approximate surface area is 84.6 Å². The van der Waals surface area contributed by atoms with Crippen molar-refractivity contribution in [2.45, 2.75) is 13.8 Å². The second-order valence-corrected chi connectivity index (χ2v) is 3.16. The molecule has 0 rings (SSSR count). The number of nitrogens with zero attached hydrogens (tertiary/aromatic N) is 1. The van der Waals surface area contributed by atoms with Crippen LogP contribution in [0.15, 0.2) is 0 Å². The normalized spacial score (nSPS) is 12.0. The lowest BCUT2D eigenvalue weighted by atomic mass is 10.1. The number of nitrogens with one attached hydrogen (secondary N) is 1. The van der Waals surface area contributed by atoms with Crippen molar-refractivity contribution in [1.29, 1.82) is 0 Å². The van der Waals surface area contributed by atoms with Gasteiger partial charge in [0.25, 0.3) is 0 Å². The molecular weight excluding hydrogens is 182 g/mol. The van der Waals surface area contributed by atoms with E-state index in [0.717, 1.165) is 0 Å². The van der Waals surface area contributed by atoms with Gasteiger partial charge in [0.2, 0.25) is 11.8 Å². The Kier molecular flexibility index (Phi) is 5.87. The van der Waals surface area contributed by atoms with Gasteiger partial charge in [-0.25, -0.2) is 0 Å². The van der Waals surface area contributed by atoms with Gasteiger partial charge in [0.1, 0.15) is 0 Å². The number of likely N-dealkylation sites (N-methyl/N-ethyl adjacent to an activating group) is 2. The first-order valence-electron chi connectivity index (χ1n) is 4.76. The molecule has 82 valence electrons. The van der Waals surface area contributed by atoms with Crippen molar-refractivity contribution in [3.8, 4) is 0 Å². The van der Waals surface area contributed by atoms with E-state index in [9.17, 15) is 9.59 Å². The van der Waals surface area contributed by atoms with Crippen LogP contribution in [-0.2, 0) is 9.59 Å². The molecule has 0 spiro atoms. The maximum atomic E-state index is 11.6. The molecule has 0 aliphatic heterocycles. The van der Waals surface area contributed by atoms with Gasteiger partial charge in [-0.15, -0.1) is 0 Å². The van der Waals surface area contributed by atoms with Gasteiger partial charge < -0.3 is 16.0 Å². The molecule has 5 heteroatoms. The minimum atomic E-state index is -0.223. The number of nitrogens with two attached hydrogens (primary N) is 1. The topological polar surface area (TPSA) is 75.4 Å². The Morgan fingerprint density at radius 2 is 2.07 bits per heavy atom. The van der Waals surface area contributed by atoms with E-state index in [2.05, 4.69) is 5.32 Å². The van der Waals surface area contributed by atoms with Crippen LogP contribution < -0.4 is 11.1 Å². The predicted molar refractivity (Wildman–Crippen MR) is 54.5 cm³/mol. The third-order valence-electron chi connectivity index (χ3n) is 2.08. The summed E-state index contributed by atoms with van der Waals surface area (Å²) in [7, 11) is 1.55. The highest BCUT2D eigenvalue weighted by molar-refractivity contribution is 5.85. The van der Waals surface area contributed by atoms with Crippen LogP contribution in [-0.4, -0.2) is 43.4 Å². The maximum Gasteiger partial charge on any atom is 0.239 e. The first kappa shape index (κ1) is 12.9. The standard InChI is InChI=1S/C9H19N3O2/c1-4-12(6-8(13)11-3)9(14)7(2)5-10/h7H,4-6,10H2,1-3H3,(H,11,13). The van der Waals surface area contributed by atoms with E-state index in [1.165, 1.54) is 4.90 Å². The second-order valence-electron chi connectivity index (χ2n) is 3.16. The number of carbonyl (C=O) groups is 2. The van der Waals surface area contributed by atoms with E-state index in [0.29, 0.717) is 13.1 Å². The van der Waals surface area contributed by atoms with E-state index in [1.807, 2.05) is 6.92 Å². The molecule has 0 aliphatic rings. The van der Waals surface area contributed by atoms with Gasteiger partial charge >= 0.3 is 0 Å². The molecule has 0 aromatic heterocycles. The van der Waals surface area contributed by atoms with Crippen LogP contribution in [0.25, 0.3) is 0 Å². The van der Waals surface area contributed by atoms with Crippen molar-refractivity contribution in [2.75, 3.05) is 26.7 Å². The lowest BCUT2D eigenvalue weighted by Crippen LogP contribution is -2.43. The summed E-state index contributed by atoms with van der Waals surface area (Å²) < 4.78 is 0. The van der Waals surface area contributed by atoms with Crippen molar-refractivity contribution < 1.29 is 9.59 Å². The fourth-order valence-electron chi connectivity index (χ4n) is 1.01. The summed E-state index contributed by atoms with van der Waals surface area (Å²) in [4.78, 5) is 24.2. The molecule has 0 fully saturated rings. The van der Waals surface area contributed by atoms with E-state index in [4.69, 9.17) is 5.73 Å². The Balaban J connectivity index is 4.26. The van der Waals surface area contributed by atoms with Gasteiger partial charge in [-0.1, -0.05) is 6.92 Å². The number of carbonyl (C=O) groups excluding carboxylic acids is 2. The lowest BCUT2D eigenvalue weighted by molar-refractivity contribution is -0.138. The zero-order valence-corrected chi connectivity index (χ0v) is 9.04. The van der Waals surface area contributed by atoms with Crippen molar-refractivity contribution in [3.63, 3.8) is 0 Å². The van der Waals surface area contributed by atoms with Gasteiger partial charge in [0.05, 0.1) is 6.54 Å². The lowest BCUT2D eigenvalue weighted by Gasteiger charge is -2.22. The molecule has 0 aliphatic carbocycles. The van der Waals surface area contributed by atoms with Crippen LogP contribution in [0.4, 0.5) is 0 Å². The first-order chi connectivity index (χ1) is 6.56. The van der Waals surface area contributed by atoms with Gasteiger partial charge in [0, 0.05) is 26.1 Å². The third kappa shape index (κ3) is 3.74. The van der Waals surface area contributed by atoms with Gasteiger partial charge in [0.15, 0.2) is 0 Å². The summed E-state index contributed by atoms with van der Waals surface area (Å²) >= 11 is 0. The molecule has 3 N–H and O–H groups in total. The van der Waals surface area contributed by atoms with E-state index in [-0.39, 0.29) is 24.3 Å². The number of hydrogen-bond donors (Lipinski definition) is 2. The maximum absolute atomic E-state index is 11.6. The molecular formula is C9H19N3O2. The Morgan fingerprint density at radius 3 is 2.43 bits per heavy atom. The monoisotopic (exact) mass is 201 g/mol. The highest BCUT2D eigenvalue weighted by Crippen LogP contribution is 2.00. The van der Waals surface area contributed by atoms with E-state index < -0.39 is 0 Å². The first-order valence-corrected chi connectivity index (χ1v) is 4.76. The molecule has 0 heterocycles. The van der Waals surface area contributed by atoms with E-state index >= 15 is 0 Å². The zero-order chi connectivity index (χ0) is 11.1. The number of rotatable bonds is 5. The van der Waals surface area contributed by atoms with Gasteiger partial charge in [-0.3, -0.25) is 9.59 Å². The van der Waals surface area contributed by atoms with Crippen molar-refractivity contribution in [3.05, 3.63) is 0 Å². The molecule has 2 amide bonds. The molecule has 14 heavy (non-hydrogen) atoms. The predicted octanol–water partition coefficient (Wildman–Crippen LogP) is -0.824. The summed E-state index contributed by atoms with van der Waals surface area (Å²) in [6, 6.07) is 0. The molecule has 0 saturated carbocycles. The second kappa shape index (κ2) is 6.37. The highest BCUT2D eigenvalue weighted by atomic mass is 16.2. The SMILES string of the molecule is CCN(CC(=O)NC)C(=O)C(C)CN. The summed E-state index contributed by atoms with van der Waals surface area (Å²) in [5.74, 6) is -0.456. The minimum Gasteiger partial charge on any atom is -0.358 e. The average Bonchev–Trinajstić information content (AvgIpc) is 2.23. The number of hydrogen-bond acceptors (Lipinski definition) is 3. The molecule has 0 radical (unpaired) electrons. The van der Waals surface area contributed by atoms with Crippen LogP contribution in [0, 0.1) is 5.92 Å². The molecule has 5 nitrogen and oxygen atoms in total. The molecule has 1 unspecified atom stereocenters. The van der Waals surface area contributed by atoms with Crippen molar-refractivity contribution >= 4 is 11.8 Å². The Morgan fingerprint density at radius 1 is 1.50 bits per heavy atom. The fourth-order valence-corrected chi connectivity index (χ4v) is 1.01. The summed E-state index contributed by atoms with van der Waals surface area (Å²) in [5.41, 5.74) is 5.38. The van der Waals surface area contributed by atoms with Crippen molar-refractivity contribution in [2.24, 2.45) is 11.7 Å². The summed E-state index contributed by atoms with van der Waals surface area (Å²) in [6.07, 6.45) is 0. The molecule has 0 saturated heterocycles. The summed E-state index contributed by atoms with van der Waals surface area (Å²) in [6.45, 7) is 4.54. The summed E-state index contributed by atoms with van der Waals surface area (Å²) in [5, 5.41) is 2.48. The van der Waals surface area contributed by atoms with E-state index in [1.54, 1.807) is 14.0 Å². The highest BCUT2D eigenvalue weighted by Gasteiger charge is 2.19. The quantitative estimate of drug-likeness (QED) is 0.610. The average molecular weight is 201 g/mol. The van der Waals surface area contributed by atoms with Crippen LogP contribution >= 0.6 is 0 Å². The fraction of sp³-hybridized carbons (Fsp3) is 0.778. The molecule has 0 aromatic rings. The van der Waals surface area contributed by atoms with Crippen LogP contribution in [0.5, 0.6) is 0 Å². The van der Waals surface area contributed by atoms with Crippen LogP contribution in [0.2, 0.25) is 0 Å².